The summed E-state index contributed by atoms with van der Waals surface area (Å²) < 4.78 is 19.2. The quantitative estimate of drug-likeness (QED) is 0.756. The van der Waals surface area contributed by atoms with Crippen molar-refractivity contribution in [3.05, 3.63) is 29.6 Å². The number of nitrogens with zero attached hydrogens (tertiary/aromatic N) is 1. The number of Topliss-reactive ketones (excluding diaryl/α,β-unsaturated/α-hetero) is 1. The van der Waals surface area contributed by atoms with E-state index in [4.69, 9.17) is 4.74 Å². The number of hydrogen-bond acceptors (Lipinski definition) is 3. The van der Waals surface area contributed by atoms with E-state index in [2.05, 4.69) is 0 Å². The summed E-state index contributed by atoms with van der Waals surface area (Å²) in [5, 5.41) is 0. The Labute approximate surface area is 108 Å². The summed E-state index contributed by atoms with van der Waals surface area (Å²) in [6, 6.07) is 4.42. The van der Waals surface area contributed by atoms with E-state index in [0.29, 0.717) is 12.4 Å². The molecule has 0 heterocycles. The Bertz CT molecular complexity index is 441. The van der Waals surface area contributed by atoms with Crippen LogP contribution >= 0.6 is 0 Å². The standard InChI is InChI=1S/C14H20FNO2/c1-10(17)13-11(15)7-6-8-12(13)18-9-14(2,3)16(4)5/h6-8H,9H2,1-5H3. The van der Waals surface area contributed by atoms with Crippen LogP contribution in [0.1, 0.15) is 31.1 Å². The lowest BCUT2D eigenvalue weighted by Gasteiger charge is -2.32. The lowest BCUT2D eigenvalue weighted by molar-refractivity contribution is 0.0982. The Hall–Kier alpha value is -1.42. The Morgan fingerprint density at radius 1 is 1.39 bits per heavy atom. The van der Waals surface area contributed by atoms with Crippen LogP contribution in [0.5, 0.6) is 5.75 Å². The highest BCUT2D eigenvalue weighted by atomic mass is 19.1. The SMILES string of the molecule is CC(=O)c1c(F)cccc1OCC(C)(C)N(C)C. The first-order valence-corrected chi connectivity index (χ1v) is 5.85. The number of rotatable bonds is 5. The average Bonchev–Trinajstić information content (AvgIpc) is 2.25. The molecule has 18 heavy (non-hydrogen) atoms. The molecule has 1 aromatic rings. The molecule has 0 aliphatic carbocycles. The van der Waals surface area contributed by atoms with E-state index in [1.807, 2.05) is 32.8 Å². The second-order valence-corrected chi connectivity index (χ2v) is 5.16. The number of ether oxygens (including phenoxy) is 1. The van der Waals surface area contributed by atoms with Crippen molar-refractivity contribution in [2.75, 3.05) is 20.7 Å². The van der Waals surface area contributed by atoms with Gasteiger partial charge in [0.25, 0.3) is 0 Å². The summed E-state index contributed by atoms with van der Waals surface area (Å²) in [6.45, 7) is 5.74. The second-order valence-electron chi connectivity index (χ2n) is 5.16. The number of ketones is 1. The van der Waals surface area contributed by atoms with E-state index >= 15 is 0 Å². The number of benzene rings is 1. The minimum absolute atomic E-state index is 0.0204. The van der Waals surface area contributed by atoms with Crippen LogP contribution < -0.4 is 4.74 Å². The number of carbonyl (C=O) groups excluding carboxylic acids is 1. The van der Waals surface area contributed by atoms with E-state index in [9.17, 15) is 9.18 Å². The van der Waals surface area contributed by atoms with Crippen molar-refractivity contribution in [3.63, 3.8) is 0 Å². The van der Waals surface area contributed by atoms with Gasteiger partial charge < -0.3 is 9.64 Å². The topological polar surface area (TPSA) is 29.5 Å². The Balaban J connectivity index is 2.92. The summed E-state index contributed by atoms with van der Waals surface area (Å²) in [4.78, 5) is 13.4. The van der Waals surface area contributed by atoms with Gasteiger partial charge in [-0.15, -0.1) is 0 Å². The third kappa shape index (κ3) is 3.29. The molecular formula is C14H20FNO2. The summed E-state index contributed by atoms with van der Waals surface area (Å²) >= 11 is 0. The summed E-state index contributed by atoms with van der Waals surface area (Å²) in [5.41, 5.74) is -0.174. The molecule has 0 saturated carbocycles. The lowest BCUT2D eigenvalue weighted by Crippen LogP contribution is -2.43. The first kappa shape index (κ1) is 14.6. The molecule has 3 nitrogen and oxygen atoms in total. The van der Waals surface area contributed by atoms with Crippen LogP contribution in [0, 0.1) is 5.82 Å². The molecule has 4 heteroatoms. The molecule has 0 radical (unpaired) electrons. The van der Waals surface area contributed by atoms with Crippen molar-refractivity contribution in [1.29, 1.82) is 0 Å². The number of carbonyl (C=O) groups is 1. The minimum atomic E-state index is -0.539. The van der Waals surface area contributed by atoms with Gasteiger partial charge in [0.2, 0.25) is 0 Å². The predicted molar refractivity (Wildman–Crippen MR) is 69.7 cm³/mol. The van der Waals surface area contributed by atoms with Gasteiger partial charge in [-0.2, -0.15) is 0 Å². The molecule has 100 valence electrons. The number of halogens is 1. The molecule has 0 spiro atoms. The minimum Gasteiger partial charge on any atom is -0.491 e. The van der Waals surface area contributed by atoms with E-state index in [-0.39, 0.29) is 16.9 Å². The number of likely N-dealkylation sites (N-methyl/N-ethyl adjacent to an activating group) is 1. The molecule has 0 aromatic heterocycles. The molecule has 0 bridgehead atoms. The van der Waals surface area contributed by atoms with Gasteiger partial charge in [-0.25, -0.2) is 4.39 Å². The van der Waals surface area contributed by atoms with Crippen molar-refractivity contribution in [1.82, 2.24) is 4.90 Å². The Morgan fingerprint density at radius 3 is 2.50 bits per heavy atom. The predicted octanol–water partition coefficient (Wildman–Crippen LogP) is 2.75. The van der Waals surface area contributed by atoms with Crippen molar-refractivity contribution in [3.8, 4) is 5.75 Å². The van der Waals surface area contributed by atoms with E-state index in [0.717, 1.165) is 0 Å². The highest BCUT2D eigenvalue weighted by molar-refractivity contribution is 5.97. The highest BCUT2D eigenvalue weighted by Crippen LogP contribution is 2.23. The van der Waals surface area contributed by atoms with Gasteiger partial charge in [0.15, 0.2) is 5.78 Å². The molecule has 0 amide bonds. The van der Waals surface area contributed by atoms with Gasteiger partial charge in [-0.05, 0) is 47.0 Å². The fraction of sp³-hybridized carbons (Fsp3) is 0.500. The van der Waals surface area contributed by atoms with Gasteiger partial charge in [0.1, 0.15) is 18.2 Å². The summed E-state index contributed by atoms with van der Waals surface area (Å²) in [5.74, 6) is -0.564. The third-order valence-electron chi connectivity index (χ3n) is 3.12. The van der Waals surface area contributed by atoms with Crippen molar-refractivity contribution < 1.29 is 13.9 Å². The lowest BCUT2D eigenvalue weighted by atomic mass is 10.1. The highest BCUT2D eigenvalue weighted by Gasteiger charge is 2.23. The van der Waals surface area contributed by atoms with E-state index in [1.165, 1.54) is 13.0 Å². The van der Waals surface area contributed by atoms with Crippen molar-refractivity contribution >= 4 is 5.78 Å². The van der Waals surface area contributed by atoms with Crippen molar-refractivity contribution in [2.45, 2.75) is 26.3 Å². The molecule has 1 rings (SSSR count). The van der Waals surface area contributed by atoms with Crippen LogP contribution in [0.4, 0.5) is 4.39 Å². The fourth-order valence-corrected chi connectivity index (χ4v) is 1.35. The summed E-state index contributed by atoms with van der Waals surface area (Å²) in [6.07, 6.45) is 0. The normalized spacial score (nSPS) is 11.7. The average molecular weight is 253 g/mol. The van der Waals surface area contributed by atoms with Gasteiger partial charge >= 0.3 is 0 Å². The van der Waals surface area contributed by atoms with Gasteiger partial charge in [0, 0.05) is 5.54 Å². The summed E-state index contributed by atoms with van der Waals surface area (Å²) in [7, 11) is 3.89. The number of hydrogen-bond donors (Lipinski definition) is 0. The zero-order valence-corrected chi connectivity index (χ0v) is 11.6. The zero-order valence-electron chi connectivity index (χ0n) is 11.6. The molecule has 1 aromatic carbocycles. The molecule has 0 N–H and O–H groups in total. The first-order chi connectivity index (χ1) is 8.25. The molecule has 0 saturated heterocycles. The smallest absolute Gasteiger partial charge is 0.166 e. The van der Waals surface area contributed by atoms with E-state index in [1.54, 1.807) is 12.1 Å². The van der Waals surface area contributed by atoms with Crippen LogP contribution in [0.3, 0.4) is 0 Å². The monoisotopic (exact) mass is 253 g/mol. The van der Waals surface area contributed by atoms with Crippen LogP contribution in [0.25, 0.3) is 0 Å². The van der Waals surface area contributed by atoms with Gasteiger partial charge in [0.05, 0.1) is 5.56 Å². The van der Waals surface area contributed by atoms with Gasteiger partial charge in [-0.3, -0.25) is 4.79 Å². The Kier molecular flexibility index (Phi) is 4.46. The third-order valence-corrected chi connectivity index (χ3v) is 3.12. The second kappa shape index (κ2) is 5.48. The molecule has 0 aliphatic rings. The maximum Gasteiger partial charge on any atom is 0.166 e. The Morgan fingerprint density at radius 2 is 2.00 bits per heavy atom. The maximum absolute atomic E-state index is 13.6. The van der Waals surface area contributed by atoms with E-state index < -0.39 is 5.82 Å². The largest absolute Gasteiger partial charge is 0.491 e. The van der Waals surface area contributed by atoms with Crippen LogP contribution in [-0.2, 0) is 0 Å². The molecular weight excluding hydrogens is 233 g/mol. The van der Waals surface area contributed by atoms with Gasteiger partial charge in [-0.1, -0.05) is 6.07 Å². The first-order valence-electron chi connectivity index (χ1n) is 5.85. The molecule has 0 fully saturated rings. The maximum atomic E-state index is 13.6. The van der Waals surface area contributed by atoms with Crippen molar-refractivity contribution in [2.24, 2.45) is 0 Å². The van der Waals surface area contributed by atoms with Crippen LogP contribution in [0.2, 0.25) is 0 Å². The van der Waals surface area contributed by atoms with Crippen LogP contribution in [0.15, 0.2) is 18.2 Å². The molecule has 0 atom stereocenters. The van der Waals surface area contributed by atoms with Crippen LogP contribution in [-0.4, -0.2) is 36.9 Å². The molecule has 0 unspecified atom stereocenters. The fourth-order valence-electron chi connectivity index (χ4n) is 1.35. The zero-order chi connectivity index (χ0) is 13.9. The molecule has 0 aliphatic heterocycles.